The van der Waals surface area contributed by atoms with E-state index in [0.717, 1.165) is 43.9 Å². The van der Waals surface area contributed by atoms with Crippen molar-refractivity contribution in [3.05, 3.63) is 48.1 Å². The Kier molecular flexibility index (Phi) is 9.00. The SMILES string of the molecule is C=C[C@@H]1C[C@]1(NC(=O)[C@@H]1CCCN1C(=O)[C@@H](NC(=O)OC1CCCC1)C(C)(C)C)P(=O)(O)Cc1c(F)cccc1F. The van der Waals surface area contributed by atoms with Crippen molar-refractivity contribution in [2.24, 2.45) is 11.3 Å². The fourth-order valence-electron chi connectivity index (χ4n) is 5.95. The Balaban J connectivity index is 1.50. The molecule has 4 rings (SSSR count). The molecule has 1 heterocycles. The molecule has 226 valence electrons. The van der Waals surface area contributed by atoms with E-state index in [0.29, 0.717) is 12.8 Å². The molecule has 3 aliphatic rings. The maximum atomic E-state index is 14.3. The van der Waals surface area contributed by atoms with Crippen molar-refractivity contribution in [2.45, 2.75) is 95.3 Å². The second-order valence-corrected chi connectivity index (χ2v) is 15.0. The summed E-state index contributed by atoms with van der Waals surface area (Å²) in [5, 5.41) is 3.75. The number of halogens is 2. The van der Waals surface area contributed by atoms with Gasteiger partial charge in [-0.1, -0.05) is 32.9 Å². The summed E-state index contributed by atoms with van der Waals surface area (Å²) < 4.78 is 47.8. The minimum absolute atomic E-state index is 0.0753. The molecule has 3 N–H and O–H groups in total. The minimum atomic E-state index is -4.41. The normalized spacial score (nSPS) is 26.6. The second kappa shape index (κ2) is 11.8. The van der Waals surface area contributed by atoms with Crippen LogP contribution in [-0.4, -0.2) is 57.7 Å². The monoisotopic (exact) mass is 595 g/mol. The molecule has 0 spiro atoms. The summed E-state index contributed by atoms with van der Waals surface area (Å²) in [5.41, 5.74) is -1.23. The highest BCUT2D eigenvalue weighted by atomic mass is 31.2. The van der Waals surface area contributed by atoms with Crippen molar-refractivity contribution >= 4 is 25.3 Å². The van der Waals surface area contributed by atoms with Crippen LogP contribution in [0.4, 0.5) is 13.6 Å². The fraction of sp³-hybridized carbons (Fsp3) is 0.621. The third-order valence-corrected chi connectivity index (χ3v) is 11.1. The van der Waals surface area contributed by atoms with E-state index in [1.807, 2.05) is 0 Å². The second-order valence-electron chi connectivity index (χ2n) is 12.5. The van der Waals surface area contributed by atoms with Gasteiger partial charge in [-0.25, -0.2) is 13.6 Å². The number of amides is 3. The van der Waals surface area contributed by atoms with Gasteiger partial charge in [0.2, 0.25) is 19.2 Å². The Labute approximate surface area is 239 Å². The van der Waals surface area contributed by atoms with E-state index in [4.69, 9.17) is 4.74 Å². The lowest BCUT2D eigenvalue weighted by Crippen LogP contribution is -2.58. The number of hydrogen-bond acceptors (Lipinski definition) is 5. The van der Waals surface area contributed by atoms with Gasteiger partial charge in [-0.2, -0.15) is 0 Å². The van der Waals surface area contributed by atoms with Crippen molar-refractivity contribution in [3.63, 3.8) is 0 Å². The first-order valence-corrected chi connectivity index (χ1v) is 16.0. The van der Waals surface area contributed by atoms with E-state index >= 15 is 0 Å². The van der Waals surface area contributed by atoms with Crippen LogP contribution in [0.15, 0.2) is 30.9 Å². The van der Waals surface area contributed by atoms with E-state index in [9.17, 15) is 32.6 Å². The molecular weight excluding hydrogens is 555 g/mol. The van der Waals surface area contributed by atoms with Crippen LogP contribution in [0.3, 0.4) is 0 Å². The molecule has 1 saturated heterocycles. The van der Waals surface area contributed by atoms with E-state index < -0.39 is 77.3 Å². The van der Waals surface area contributed by atoms with Crippen molar-refractivity contribution in [1.29, 1.82) is 0 Å². The third-order valence-electron chi connectivity index (χ3n) is 8.46. The van der Waals surface area contributed by atoms with Crippen LogP contribution in [0.2, 0.25) is 0 Å². The molecule has 3 amide bonds. The summed E-state index contributed by atoms with van der Waals surface area (Å²) in [4.78, 5) is 52.5. The summed E-state index contributed by atoms with van der Waals surface area (Å²) in [6, 6.07) is 1.25. The van der Waals surface area contributed by atoms with E-state index in [1.54, 1.807) is 20.8 Å². The average molecular weight is 596 g/mol. The molecule has 41 heavy (non-hydrogen) atoms. The third kappa shape index (κ3) is 6.51. The van der Waals surface area contributed by atoms with E-state index in [1.165, 1.54) is 11.0 Å². The minimum Gasteiger partial charge on any atom is -0.446 e. The summed E-state index contributed by atoms with van der Waals surface area (Å²) in [6.07, 6.45) is 4.19. The maximum Gasteiger partial charge on any atom is 0.408 e. The number of likely N-dealkylation sites (tertiary alicyclic amines) is 1. The quantitative estimate of drug-likeness (QED) is 0.278. The number of alkyl carbamates (subject to hydrolysis) is 1. The first kappa shape index (κ1) is 31.2. The summed E-state index contributed by atoms with van der Waals surface area (Å²) in [7, 11) is -4.41. The van der Waals surface area contributed by atoms with Crippen LogP contribution in [0.25, 0.3) is 0 Å². The zero-order chi connectivity index (χ0) is 30.2. The van der Waals surface area contributed by atoms with Gasteiger partial charge in [-0.3, -0.25) is 14.2 Å². The Morgan fingerprint density at radius 3 is 2.39 bits per heavy atom. The number of nitrogens with zero attached hydrogens (tertiary/aromatic N) is 1. The molecule has 1 unspecified atom stereocenters. The van der Waals surface area contributed by atoms with Gasteiger partial charge in [0.15, 0.2) is 0 Å². The number of carbonyl (C=O) groups excluding carboxylic acids is 3. The fourth-order valence-corrected chi connectivity index (χ4v) is 8.35. The van der Waals surface area contributed by atoms with Gasteiger partial charge < -0.3 is 25.2 Å². The Bertz CT molecular complexity index is 1230. The number of benzene rings is 1. The largest absolute Gasteiger partial charge is 0.446 e. The molecule has 0 radical (unpaired) electrons. The molecule has 1 aromatic carbocycles. The number of ether oxygens (including phenoxy) is 1. The highest BCUT2D eigenvalue weighted by Crippen LogP contribution is 2.71. The van der Waals surface area contributed by atoms with Crippen LogP contribution in [-0.2, 0) is 25.1 Å². The molecule has 12 heteroatoms. The zero-order valence-corrected chi connectivity index (χ0v) is 24.7. The summed E-state index contributed by atoms with van der Waals surface area (Å²) in [5.74, 6) is -3.57. The zero-order valence-electron chi connectivity index (χ0n) is 23.8. The topological polar surface area (TPSA) is 125 Å². The lowest BCUT2D eigenvalue weighted by molar-refractivity contribution is -0.142. The van der Waals surface area contributed by atoms with Crippen LogP contribution < -0.4 is 10.6 Å². The first-order valence-electron chi connectivity index (χ1n) is 14.2. The van der Waals surface area contributed by atoms with Crippen LogP contribution in [0.5, 0.6) is 0 Å². The Morgan fingerprint density at radius 2 is 1.83 bits per heavy atom. The van der Waals surface area contributed by atoms with Crippen molar-refractivity contribution in [3.8, 4) is 0 Å². The lowest BCUT2D eigenvalue weighted by Gasteiger charge is -2.36. The first-order chi connectivity index (χ1) is 19.2. The molecule has 2 aliphatic carbocycles. The molecule has 1 aliphatic heterocycles. The van der Waals surface area contributed by atoms with Crippen LogP contribution >= 0.6 is 7.37 Å². The van der Waals surface area contributed by atoms with Crippen molar-refractivity contribution < 1.29 is 37.4 Å². The van der Waals surface area contributed by atoms with Crippen LogP contribution in [0.1, 0.15) is 71.3 Å². The number of rotatable bonds is 9. The van der Waals surface area contributed by atoms with Gasteiger partial charge in [-0.15, -0.1) is 6.58 Å². The number of hydrogen-bond donors (Lipinski definition) is 3. The highest BCUT2D eigenvalue weighted by Gasteiger charge is 2.65. The molecule has 3 fully saturated rings. The highest BCUT2D eigenvalue weighted by molar-refractivity contribution is 7.59. The lowest BCUT2D eigenvalue weighted by atomic mass is 9.85. The van der Waals surface area contributed by atoms with Crippen molar-refractivity contribution in [1.82, 2.24) is 15.5 Å². The Hall–Kier alpha value is -2.78. The van der Waals surface area contributed by atoms with Gasteiger partial charge in [-0.05, 0) is 62.5 Å². The van der Waals surface area contributed by atoms with Gasteiger partial charge in [0.25, 0.3) is 0 Å². The van der Waals surface area contributed by atoms with Gasteiger partial charge in [0.1, 0.15) is 35.1 Å². The molecule has 1 aromatic rings. The molecule has 5 atom stereocenters. The average Bonchev–Trinajstić information content (AvgIpc) is 3.22. The molecule has 0 bridgehead atoms. The molecule has 0 aromatic heterocycles. The van der Waals surface area contributed by atoms with Crippen LogP contribution in [0, 0.1) is 23.0 Å². The number of nitrogens with one attached hydrogen (secondary N) is 2. The summed E-state index contributed by atoms with van der Waals surface area (Å²) >= 11 is 0. The maximum absolute atomic E-state index is 14.3. The molecule has 2 saturated carbocycles. The van der Waals surface area contributed by atoms with Gasteiger partial charge in [0.05, 0.1) is 6.16 Å². The standard InChI is InChI=1S/C29H40F2N3O6P/c1-5-18-16-29(18,41(38,39)17-20-21(30)12-8-13-22(20)31)33-25(35)23-14-9-15-34(23)26(36)24(28(2,3)4)32-27(37)40-19-10-6-7-11-19/h5,8,12-13,18-19,23-24H,1,6-7,9-11,14-17H2,2-4H3,(H,32,37)(H,33,35)(H,38,39)/t18-,23+,24-,29+/m1/s1. The van der Waals surface area contributed by atoms with Gasteiger partial charge >= 0.3 is 6.09 Å². The Morgan fingerprint density at radius 1 is 1.20 bits per heavy atom. The smallest absolute Gasteiger partial charge is 0.408 e. The molecule has 9 nitrogen and oxygen atoms in total. The van der Waals surface area contributed by atoms with Crippen molar-refractivity contribution in [2.75, 3.05) is 6.54 Å². The van der Waals surface area contributed by atoms with Gasteiger partial charge in [0, 0.05) is 18.0 Å². The van der Waals surface area contributed by atoms with E-state index in [2.05, 4.69) is 17.2 Å². The molecular formula is C29H40F2N3O6P. The predicted octanol–water partition coefficient (Wildman–Crippen LogP) is 4.83. The number of carbonyl (C=O) groups is 3. The predicted molar refractivity (Wildman–Crippen MR) is 149 cm³/mol. The van der Waals surface area contributed by atoms with E-state index in [-0.39, 0.29) is 19.1 Å². The summed E-state index contributed by atoms with van der Waals surface area (Å²) in [6.45, 7) is 9.35.